The van der Waals surface area contributed by atoms with E-state index in [1.54, 1.807) is 0 Å². The van der Waals surface area contributed by atoms with Crippen LogP contribution in [0, 0.1) is 12.3 Å². The predicted octanol–water partition coefficient (Wildman–Crippen LogP) is 1.67. The van der Waals surface area contributed by atoms with Gasteiger partial charge in [-0.25, -0.2) is 0 Å². The van der Waals surface area contributed by atoms with E-state index >= 15 is 0 Å². The summed E-state index contributed by atoms with van der Waals surface area (Å²) in [6, 6.07) is 5.73. The maximum absolute atomic E-state index is 12.2. The van der Waals surface area contributed by atoms with Crippen molar-refractivity contribution >= 4 is 11.8 Å². The Balaban J connectivity index is 2.13. The van der Waals surface area contributed by atoms with Crippen LogP contribution in [-0.2, 0) is 16.0 Å². The van der Waals surface area contributed by atoms with Crippen molar-refractivity contribution in [2.75, 3.05) is 6.61 Å². The number of hydrogen-bond donors (Lipinski definition) is 0. The van der Waals surface area contributed by atoms with Gasteiger partial charge in [-0.15, -0.1) is 0 Å². The van der Waals surface area contributed by atoms with E-state index in [1.807, 2.05) is 25.1 Å². The molecule has 0 amide bonds. The number of aryl methyl sites for hydroxylation is 1. The van der Waals surface area contributed by atoms with Crippen LogP contribution in [0.1, 0.15) is 27.9 Å². The van der Waals surface area contributed by atoms with Crippen LogP contribution in [-0.4, -0.2) is 18.4 Å². The lowest BCUT2D eigenvalue weighted by molar-refractivity contribution is -0.143. The number of rotatable bonds is 0. The monoisotopic (exact) mass is 216 g/mol. The van der Waals surface area contributed by atoms with Crippen molar-refractivity contribution in [2.45, 2.75) is 19.8 Å². The lowest BCUT2D eigenvalue weighted by Gasteiger charge is -2.14. The molecule has 1 saturated heterocycles. The minimum absolute atomic E-state index is 0.0509. The summed E-state index contributed by atoms with van der Waals surface area (Å²) in [7, 11) is 0. The van der Waals surface area contributed by atoms with Crippen molar-refractivity contribution in [3.05, 3.63) is 34.9 Å². The Hall–Kier alpha value is -1.64. The van der Waals surface area contributed by atoms with E-state index < -0.39 is 5.41 Å². The third kappa shape index (κ3) is 1.03. The molecule has 1 aliphatic heterocycles. The minimum Gasteiger partial charge on any atom is -0.465 e. The van der Waals surface area contributed by atoms with E-state index in [1.165, 1.54) is 0 Å². The third-order valence-electron chi connectivity index (χ3n) is 3.58. The summed E-state index contributed by atoms with van der Waals surface area (Å²) in [5.74, 6) is -0.392. The molecule has 0 aromatic heterocycles. The van der Waals surface area contributed by atoms with E-state index in [2.05, 4.69) is 0 Å². The Morgan fingerprint density at radius 1 is 1.31 bits per heavy atom. The zero-order valence-electron chi connectivity index (χ0n) is 9.08. The summed E-state index contributed by atoms with van der Waals surface area (Å²) in [6.45, 7) is 2.36. The molecule has 0 unspecified atom stereocenters. The molecule has 1 heterocycles. The number of carbonyl (C=O) groups is 2. The Bertz CT molecular complexity index is 504. The molecule has 0 saturated carbocycles. The molecule has 16 heavy (non-hydrogen) atoms. The van der Waals surface area contributed by atoms with Gasteiger partial charge in [-0.2, -0.15) is 0 Å². The maximum Gasteiger partial charge on any atom is 0.320 e. The van der Waals surface area contributed by atoms with Crippen LogP contribution < -0.4 is 0 Å². The first-order valence-corrected chi connectivity index (χ1v) is 5.45. The van der Waals surface area contributed by atoms with Gasteiger partial charge in [-0.1, -0.05) is 23.8 Å². The zero-order valence-corrected chi connectivity index (χ0v) is 9.08. The average Bonchev–Trinajstić information content (AvgIpc) is 2.72. The van der Waals surface area contributed by atoms with E-state index in [0.717, 1.165) is 11.1 Å². The van der Waals surface area contributed by atoms with Crippen molar-refractivity contribution in [1.82, 2.24) is 0 Å². The largest absolute Gasteiger partial charge is 0.465 e. The van der Waals surface area contributed by atoms with Crippen LogP contribution in [0.2, 0.25) is 0 Å². The standard InChI is InChI=1S/C13H12O3/c1-8-2-3-10-9(6-8)7-13(11(10)14)4-5-16-12(13)15/h2-3,6H,4-5,7H2,1H3/t13-/m1/s1. The quantitative estimate of drug-likeness (QED) is 0.489. The number of esters is 1. The van der Waals surface area contributed by atoms with Crippen molar-refractivity contribution < 1.29 is 14.3 Å². The zero-order chi connectivity index (χ0) is 11.3. The van der Waals surface area contributed by atoms with Gasteiger partial charge in [0.15, 0.2) is 5.78 Å². The summed E-state index contributed by atoms with van der Waals surface area (Å²) in [6.07, 6.45) is 1.04. The van der Waals surface area contributed by atoms with Crippen LogP contribution in [0.5, 0.6) is 0 Å². The molecule has 2 aliphatic rings. The lowest BCUT2D eigenvalue weighted by Crippen LogP contribution is -2.32. The van der Waals surface area contributed by atoms with E-state index in [-0.39, 0.29) is 11.8 Å². The van der Waals surface area contributed by atoms with Crippen LogP contribution in [0.4, 0.5) is 0 Å². The topological polar surface area (TPSA) is 43.4 Å². The van der Waals surface area contributed by atoms with Crippen molar-refractivity contribution in [3.63, 3.8) is 0 Å². The fourth-order valence-electron chi connectivity index (χ4n) is 2.68. The highest BCUT2D eigenvalue weighted by Crippen LogP contribution is 2.43. The summed E-state index contributed by atoms with van der Waals surface area (Å²) in [4.78, 5) is 24.0. The van der Waals surface area contributed by atoms with Crippen LogP contribution in [0.3, 0.4) is 0 Å². The van der Waals surface area contributed by atoms with Crippen LogP contribution in [0.25, 0.3) is 0 Å². The van der Waals surface area contributed by atoms with Gasteiger partial charge in [0, 0.05) is 12.0 Å². The van der Waals surface area contributed by atoms with Crippen LogP contribution in [0.15, 0.2) is 18.2 Å². The second-order valence-electron chi connectivity index (χ2n) is 4.63. The number of ketones is 1. The number of hydrogen-bond acceptors (Lipinski definition) is 3. The molecule has 0 N–H and O–H groups in total. The number of carbonyl (C=O) groups excluding carboxylic acids is 2. The molecule has 3 nitrogen and oxygen atoms in total. The van der Waals surface area contributed by atoms with Gasteiger partial charge < -0.3 is 4.74 Å². The summed E-state index contributed by atoms with van der Waals surface area (Å²) in [5, 5.41) is 0. The molecule has 1 aromatic carbocycles. The van der Waals surface area contributed by atoms with Crippen molar-refractivity contribution in [1.29, 1.82) is 0 Å². The Morgan fingerprint density at radius 2 is 2.12 bits per heavy atom. The molecular weight excluding hydrogens is 204 g/mol. The van der Waals surface area contributed by atoms with Gasteiger partial charge in [-0.3, -0.25) is 9.59 Å². The van der Waals surface area contributed by atoms with E-state index in [9.17, 15) is 9.59 Å². The molecule has 3 heteroatoms. The number of ether oxygens (including phenoxy) is 1. The Morgan fingerprint density at radius 3 is 2.81 bits per heavy atom. The molecule has 1 aliphatic carbocycles. The Kier molecular flexibility index (Phi) is 1.76. The molecule has 1 fully saturated rings. The highest BCUT2D eigenvalue weighted by atomic mass is 16.5. The van der Waals surface area contributed by atoms with Crippen molar-refractivity contribution in [3.8, 4) is 0 Å². The highest BCUT2D eigenvalue weighted by Gasteiger charge is 2.55. The fraction of sp³-hybridized carbons (Fsp3) is 0.385. The average molecular weight is 216 g/mol. The number of benzene rings is 1. The van der Waals surface area contributed by atoms with Gasteiger partial charge in [0.1, 0.15) is 5.41 Å². The number of cyclic esters (lactones) is 1. The van der Waals surface area contributed by atoms with Gasteiger partial charge >= 0.3 is 5.97 Å². The molecule has 82 valence electrons. The first-order chi connectivity index (χ1) is 7.63. The fourth-order valence-corrected chi connectivity index (χ4v) is 2.68. The van der Waals surface area contributed by atoms with Gasteiger partial charge in [0.25, 0.3) is 0 Å². The summed E-state index contributed by atoms with van der Waals surface area (Å²) < 4.78 is 4.96. The summed E-state index contributed by atoms with van der Waals surface area (Å²) >= 11 is 0. The second-order valence-corrected chi connectivity index (χ2v) is 4.63. The molecule has 1 aromatic rings. The minimum atomic E-state index is -0.893. The lowest BCUT2D eigenvalue weighted by atomic mass is 9.82. The maximum atomic E-state index is 12.2. The summed E-state index contributed by atoms with van der Waals surface area (Å²) in [5.41, 5.74) is 1.92. The second kappa shape index (κ2) is 2.94. The van der Waals surface area contributed by atoms with E-state index in [4.69, 9.17) is 4.74 Å². The predicted molar refractivity (Wildman–Crippen MR) is 57.2 cm³/mol. The van der Waals surface area contributed by atoms with Crippen LogP contribution >= 0.6 is 0 Å². The van der Waals surface area contributed by atoms with Gasteiger partial charge in [0.2, 0.25) is 0 Å². The molecule has 3 rings (SSSR count). The van der Waals surface area contributed by atoms with Crippen molar-refractivity contribution in [2.24, 2.45) is 5.41 Å². The third-order valence-corrected chi connectivity index (χ3v) is 3.58. The molecule has 1 atom stereocenters. The van der Waals surface area contributed by atoms with E-state index in [0.29, 0.717) is 25.0 Å². The Labute approximate surface area is 93.4 Å². The normalized spacial score (nSPS) is 27.3. The first kappa shape index (κ1) is 9.58. The molecule has 0 radical (unpaired) electrons. The number of fused-ring (bicyclic) bond motifs is 1. The molecule has 1 spiro atoms. The molecule has 0 bridgehead atoms. The number of Topliss-reactive ketones (excluding diaryl/α,β-unsaturated/α-hetero) is 1. The SMILES string of the molecule is Cc1ccc2c(c1)C[C@]1(CCOC1=O)C2=O. The molecular formula is C13H12O3. The van der Waals surface area contributed by atoms with Gasteiger partial charge in [-0.05, 0) is 18.9 Å². The highest BCUT2D eigenvalue weighted by molar-refractivity contribution is 6.16. The smallest absolute Gasteiger partial charge is 0.320 e. The van der Waals surface area contributed by atoms with Gasteiger partial charge in [0.05, 0.1) is 6.61 Å². The first-order valence-electron chi connectivity index (χ1n) is 5.45.